The van der Waals surface area contributed by atoms with Gasteiger partial charge < -0.3 is 9.64 Å². The van der Waals surface area contributed by atoms with Crippen LogP contribution < -0.4 is 4.90 Å². The Kier molecular flexibility index (Phi) is 3.12. The van der Waals surface area contributed by atoms with Gasteiger partial charge in [-0.25, -0.2) is 0 Å². The summed E-state index contributed by atoms with van der Waals surface area (Å²) in [7, 11) is 0. The minimum Gasteiger partial charge on any atom is -0.377 e. The van der Waals surface area contributed by atoms with E-state index in [9.17, 15) is 0 Å². The minimum atomic E-state index is 0.336. The highest BCUT2D eigenvalue weighted by molar-refractivity contribution is 5.61. The molecule has 0 saturated carbocycles. The molecule has 3 heteroatoms. The number of anilines is 1. The van der Waals surface area contributed by atoms with E-state index in [1.807, 2.05) is 12.1 Å². The number of rotatable bonds is 1. The Bertz CT molecular complexity index is 422. The zero-order valence-electron chi connectivity index (χ0n) is 9.73. The molecule has 3 nitrogen and oxygen atoms in total. The fourth-order valence-corrected chi connectivity index (χ4v) is 2.06. The number of aryl methyl sites for hydroxylation is 1. The zero-order chi connectivity index (χ0) is 11.5. The highest BCUT2D eigenvalue weighted by Crippen LogP contribution is 2.25. The van der Waals surface area contributed by atoms with Crippen molar-refractivity contribution in [3.63, 3.8) is 0 Å². The number of nitrogens with zero attached hydrogens (tertiary/aromatic N) is 2. The highest BCUT2D eigenvalue weighted by Gasteiger charge is 2.21. The van der Waals surface area contributed by atoms with Crippen LogP contribution in [0.3, 0.4) is 0 Å². The molecule has 0 radical (unpaired) electrons. The van der Waals surface area contributed by atoms with Gasteiger partial charge in [0.05, 0.1) is 24.5 Å². The van der Waals surface area contributed by atoms with Crippen molar-refractivity contribution < 1.29 is 4.74 Å². The van der Waals surface area contributed by atoms with Crippen LogP contribution in [0, 0.1) is 18.3 Å². The molecule has 0 aliphatic carbocycles. The first-order chi connectivity index (χ1) is 7.72. The van der Waals surface area contributed by atoms with Gasteiger partial charge in [-0.15, -0.1) is 0 Å². The Balaban J connectivity index is 2.38. The van der Waals surface area contributed by atoms with E-state index in [0.717, 1.165) is 31.0 Å². The lowest BCUT2D eigenvalue weighted by atomic mass is 10.1. The molecule has 1 aromatic carbocycles. The van der Waals surface area contributed by atoms with Crippen molar-refractivity contribution in [1.82, 2.24) is 0 Å². The lowest BCUT2D eigenvalue weighted by Crippen LogP contribution is -2.44. The molecule has 16 heavy (non-hydrogen) atoms. The van der Waals surface area contributed by atoms with Crippen molar-refractivity contribution in [2.24, 2.45) is 0 Å². The summed E-state index contributed by atoms with van der Waals surface area (Å²) < 4.78 is 5.41. The number of hydrogen-bond acceptors (Lipinski definition) is 3. The summed E-state index contributed by atoms with van der Waals surface area (Å²) in [5.74, 6) is 0. The molecule has 0 N–H and O–H groups in total. The van der Waals surface area contributed by atoms with Crippen LogP contribution >= 0.6 is 0 Å². The molecule has 1 fully saturated rings. The Morgan fingerprint density at radius 2 is 2.31 bits per heavy atom. The molecule has 1 aromatic rings. The SMILES string of the molecule is Cc1ccc(C#N)c(N2CCOCC2C)c1. The molecule has 1 atom stereocenters. The summed E-state index contributed by atoms with van der Waals surface area (Å²) in [5, 5.41) is 9.12. The van der Waals surface area contributed by atoms with Gasteiger partial charge in [-0.05, 0) is 31.5 Å². The zero-order valence-corrected chi connectivity index (χ0v) is 9.73. The van der Waals surface area contributed by atoms with E-state index in [2.05, 4.69) is 30.9 Å². The van der Waals surface area contributed by atoms with Gasteiger partial charge >= 0.3 is 0 Å². The number of morpholine rings is 1. The van der Waals surface area contributed by atoms with Gasteiger partial charge in [0.2, 0.25) is 0 Å². The lowest BCUT2D eigenvalue weighted by Gasteiger charge is -2.35. The van der Waals surface area contributed by atoms with E-state index in [1.54, 1.807) is 0 Å². The van der Waals surface area contributed by atoms with Crippen LogP contribution in [-0.4, -0.2) is 25.8 Å². The third-order valence-electron chi connectivity index (χ3n) is 2.95. The first-order valence-corrected chi connectivity index (χ1v) is 5.57. The number of ether oxygens (including phenoxy) is 1. The molecule has 0 amide bonds. The summed E-state index contributed by atoms with van der Waals surface area (Å²) >= 11 is 0. The molecule has 1 unspecified atom stereocenters. The maximum atomic E-state index is 9.12. The quantitative estimate of drug-likeness (QED) is 0.721. The van der Waals surface area contributed by atoms with Crippen LogP contribution in [0.15, 0.2) is 18.2 Å². The standard InChI is InChI=1S/C13H16N2O/c1-10-3-4-12(8-14)13(7-10)15-5-6-16-9-11(15)2/h3-4,7,11H,5-6,9H2,1-2H3. The second-order valence-electron chi connectivity index (χ2n) is 4.25. The van der Waals surface area contributed by atoms with E-state index in [0.29, 0.717) is 6.04 Å². The van der Waals surface area contributed by atoms with Gasteiger partial charge in [-0.2, -0.15) is 5.26 Å². The van der Waals surface area contributed by atoms with E-state index in [-0.39, 0.29) is 0 Å². The first-order valence-electron chi connectivity index (χ1n) is 5.57. The molecule has 0 spiro atoms. The minimum absolute atomic E-state index is 0.336. The Morgan fingerprint density at radius 1 is 1.50 bits per heavy atom. The van der Waals surface area contributed by atoms with Crippen LogP contribution in [0.25, 0.3) is 0 Å². The van der Waals surface area contributed by atoms with Crippen LogP contribution in [0.1, 0.15) is 18.1 Å². The Hall–Kier alpha value is -1.53. The first kappa shape index (κ1) is 11.0. The number of benzene rings is 1. The molecular weight excluding hydrogens is 200 g/mol. The Morgan fingerprint density at radius 3 is 3.00 bits per heavy atom. The lowest BCUT2D eigenvalue weighted by molar-refractivity contribution is 0.0989. The molecule has 1 aliphatic rings. The maximum Gasteiger partial charge on any atom is 0.101 e. The summed E-state index contributed by atoms with van der Waals surface area (Å²) in [5.41, 5.74) is 2.98. The molecule has 84 valence electrons. The summed E-state index contributed by atoms with van der Waals surface area (Å²) in [4.78, 5) is 2.26. The average Bonchev–Trinajstić information content (AvgIpc) is 2.29. The van der Waals surface area contributed by atoms with Crippen molar-refractivity contribution >= 4 is 5.69 Å². The molecular formula is C13H16N2O. The smallest absolute Gasteiger partial charge is 0.101 e. The predicted octanol–water partition coefficient (Wildman–Crippen LogP) is 2.09. The largest absolute Gasteiger partial charge is 0.377 e. The number of nitriles is 1. The van der Waals surface area contributed by atoms with E-state index in [4.69, 9.17) is 10.00 Å². The topological polar surface area (TPSA) is 36.3 Å². The van der Waals surface area contributed by atoms with E-state index >= 15 is 0 Å². The molecule has 1 heterocycles. The third kappa shape index (κ3) is 2.02. The Labute approximate surface area is 96.2 Å². The summed E-state index contributed by atoms with van der Waals surface area (Å²) in [6.07, 6.45) is 0. The second-order valence-corrected chi connectivity index (χ2v) is 4.25. The molecule has 1 saturated heterocycles. The molecule has 0 bridgehead atoms. The van der Waals surface area contributed by atoms with Gasteiger partial charge in [0.15, 0.2) is 0 Å². The average molecular weight is 216 g/mol. The summed E-state index contributed by atoms with van der Waals surface area (Å²) in [6, 6.07) is 8.55. The van der Waals surface area contributed by atoms with Crippen LogP contribution in [0.2, 0.25) is 0 Å². The fourth-order valence-electron chi connectivity index (χ4n) is 2.06. The van der Waals surface area contributed by atoms with Crippen molar-refractivity contribution in [1.29, 1.82) is 5.26 Å². The predicted molar refractivity (Wildman–Crippen MR) is 63.5 cm³/mol. The number of hydrogen-bond donors (Lipinski definition) is 0. The van der Waals surface area contributed by atoms with Gasteiger partial charge in [0.25, 0.3) is 0 Å². The van der Waals surface area contributed by atoms with E-state index < -0.39 is 0 Å². The van der Waals surface area contributed by atoms with Crippen molar-refractivity contribution in [3.8, 4) is 6.07 Å². The van der Waals surface area contributed by atoms with Gasteiger partial charge in [0.1, 0.15) is 6.07 Å². The third-order valence-corrected chi connectivity index (χ3v) is 2.95. The van der Waals surface area contributed by atoms with Crippen LogP contribution in [0.4, 0.5) is 5.69 Å². The fraction of sp³-hybridized carbons (Fsp3) is 0.462. The second kappa shape index (κ2) is 4.54. The van der Waals surface area contributed by atoms with Crippen molar-refractivity contribution in [2.45, 2.75) is 19.9 Å². The van der Waals surface area contributed by atoms with Gasteiger partial charge in [-0.1, -0.05) is 6.07 Å². The van der Waals surface area contributed by atoms with Crippen molar-refractivity contribution in [2.75, 3.05) is 24.7 Å². The normalized spacial score (nSPS) is 20.6. The monoisotopic (exact) mass is 216 g/mol. The highest BCUT2D eigenvalue weighted by atomic mass is 16.5. The molecule has 1 aliphatic heterocycles. The maximum absolute atomic E-state index is 9.12. The van der Waals surface area contributed by atoms with Crippen molar-refractivity contribution in [3.05, 3.63) is 29.3 Å². The van der Waals surface area contributed by atoms with Gasteiger partial charge in [-0.3, -0.25) is 0 Å². The van der Waals surface area contributed by atoms with Crippen LogP contribution in [-0.2, 0) is 4.74 Å². The van der Waals surface area contributed by atoms with Gasteiger partial charge in [0, 0.05) is 12.6 Å². The summed E-state index contributed by atoms with van der Waals surface area (Å²) in [6.45, 7) is 6.51. The molecule has 2 rings (SSSR count). The molecule has 0 aromatic heterocycles. The van der Waals surface area contributed by atoms with E-state index in [1.165, 1.54) is 5.56 Å². The van der Waals surface area contributed by atoms with Crippen LogP contribution in [0.5, 0.6) is 0 Å².